The molecule has 1 aromatic rings. The average molecular weight is 245 g/mol. The van der Waals surface area contributed by atoms with E-state index in [1.54, 1.807) is 0 Å². The summed E-state index contributed by atoms with van der Waals surface area (Å²) in [6.45, 7) is 1.52. The van der Waals surface area contributed by atoms with Gasteiger partial charge in [0.1, 0.15) is 6.10 Å². The molecular weight excluding hydrogens is 234 g/mol. The Labute approximate surface area is 93.0 Å². The molecule has 6 nitrogen and oxygen atoms in total. The van der Waals surface area contributed by atoms with Gasteiger partial charge >= 0.3 is 5.97 Å². The summed E-state index contributed by atoms with van der Waals surface area (Å²) in [5.41, 5.74) is 0.394. The minimum atomic E-state index is -3.55. The summed E-state index contributed by atoms with van der Waals surface area (Å²) < 4.78 is 26.4. The predicted octanol–water partition coefficient (Wildman–Crippen LogP) is 0.817. The molecule has 0 fully saturated rings. The number of pyridine rings is 1. The topological polar surface area (TPSA) is 93.6 Å². The lowest BCUT2D eigenvalue weighted by molar-refractivity contribution is 0.0696. The molecule has 1 heterocycles. The molecule has 0 aliphatic heterocycles. The highest BCUT2D eigenvalue weighted by molar-refractivity contribution is 7.86. The standard InChI is InChI=1S/C9H11NO5S/c1-6(15-16(2,13)14)8-4-3-7(5-10-8)9(11)12/h3-6H,1-2H3,(H,11,12). The van der Waals surface area contributed by atoms with Gasteiger partial charge in [0.25, 0.3) is 10.1 Å². The zero-order chi connectivity index (χ0) is 12.3. The fraction of sp³-hybridized carbons (Fsp3) is 0.333. The van der Waals surface area contributed by atoms with Crippen LogP contribution in [0, 0.1) is 0 Å². The summed E-state index contributed by atoms with van der Waals surface area (Å²) >= 11 is 0. The number of hydrogen-bond acceptors (Lipinski definition) is 5. The van der Waals surface area contributed by atoms with Gasteiger partial charge in [-0.15, -0.1) is 0 Å². The summed E-state index contributed by atoms with van der Waals surface area (Å²) in [6, 6.07) is 2.76. The van der Waals surface area contributed by atoms with E-state index in [1.165, 1.54) is 19.1 Å². The van der Waals surface area contributed by atoms with Gasteiger partial charge in [0.15, 0.2) is 0 Å². The highest BCUT2D eigenvalue weighted by Gasteiger charge is 2.14. The molecule has 1 atom stereocenters. The van der Waals surface area contributed by atoms with Crippen LogP contribution in [-0.4, -0.2) is 30.7 Å². The van der Waals surface area contributed by atoms with Gasteiger partial charge in [-0.25, -0.2) is 4.79 Å². The van der Waals surface area contributed by atoms with Crippen LogP contribution < -0.4 is 0 Å². The molecule has 1 aromatic heterocycles. The van der Waals surface area contributed by atoms with Crippen molar-refractivity contribution in [1.82, 2.24) is 4.98 Å². The first-order valence-corrected chi connectivity index (χ1v) is 6.19. The van der Waals surface area contributed by atoms with Crippen LogP contribution in [0.1, 0.15) is 29.1 Å². The lowest BCUT2D eigenvalue weighted by atomic mass is 10.2. The lowest BCUT2D eigenvalue weighted by Crippen LogP contribution is -2.09. The molecule has 7 heteroatoms. The van der Waals surface area contributed by atoms with Crippen molar-refractivity contribution >= 4 is 16.1 Å². The summed E-state index contributed by atoms with van der Waals surface area (Å²) in [4.78, 5) is 14.4. The fourth-order valence-corrected chi connectivity index (χ4v) is 1.71. The average Bonchev–Trinajstić information content (AvgIpc) is 2.15. The summed E-state index contributed by atoms with van der Waals surface area (Å²) in [5, 5.41) is 8.63. The largest absolute Gasteiger partial charge is 0.478 e. The molecule has 0 aliphatic rings. The second kappa shape index (κ2) is 4.58. The van der Waals surface area contributed by atoms with E-state index >= 15 is 0 Å². The number of carboxylic acid groups (broad SMARTS) is 1. The van der Waals surface area contributed by atoms with Gasteiger partial charge in [-0.2, -0.15) is 8.42 Å². The van der Waals surface area contributed by atoms with Crippen LogP contribution in [0.4, 0.5) is 0 Å². The molecule has 1 unspecified atom stereocenters. The molecule has 0 spiro atoms. The van der Waals surface area contributed by atoms with E-state index in [4.69, 9.17) is 5.11 Å². The molecule has 0 saturated carbocycles. The van der Waals surface area contributed by atoms with Gasteiger partial charge < -0.3 is 5.11 Å². The molecule has 0 aromatic carbocycles. The second-order valence-electron chi connectivity index (χ2n) is 3.22. The molecule has 1 rings (SSSR count). The molecule has 88 valence electrons. The van der Waals surface area contributed by atoms with E-state index in [-0.39, 0.29) is 5.56 Å². The Morgan fingerprint density at radius 1 is 1.50 bits per heavy atom. The first-order valence-electron chi connectivity index (χ1n) is 4.37. The van der Waals surface area contributed by atoms with E-state index in [0.717, 1.165) is 12.5 Å². The number of rotatable bonds is 4. The Kier molecular flexibility index (Phi) is 3.61. The van der Waals surface area contributed by atoms with E-state index < -0.39 is 22.2 Å². The van der Waals surface area contributed by atoms with Gasteiger partial charge in [-0.3, -0.25) is 9.17 Å². The Hall–Kier alpha value is -1.47. The van der Waals surface area contributed by atoms with Crippen LogP contribution in [0.5, 0.6) is 0 Å². The molecular formula is C9H11NO5S. The van der Waals surface area contributed by atoms with E-state index in [1.807, 2.05) is 0 Å². The van der Waals surface area contributed by atoms with Crippen molar-refractivity contribution < 1.29 is 22.5 Å². The third-order valence-corrected chi connectivity index (χ3v) is 2.41. The third-order valence-electron chi connectivity index (χ3n) is 1.77. The van der Waals surface area contributed by atoms with Crippen LogP contribution >= 0.6 is 0 Å². The van der Waals surface area contributed by atoms with Gasteiger partial charge in [0.2, 0.25) is 0 Å². The summed E-state index contributed by atoms with van der Waals surface area (Å²) in [5.74, 6) is -1.09. The monoisotopic (exact) mass is 245 g/mol. The van der Waals surface area contributed by atoms with E-state index in [2.05, 4.69) is 9.17 Å². The summed E-state index contributed by atoms with van der Waals surface area (Å²) in [7, 11) is -3.55. The van der Waals surface area contributed by atoms with Gasteiger partial charge in [-0.05, 0) is 19.1 Å². The second-order valence-corrected chi connectivity index (χ2v) is 4.82. The Bertz CT molecular complexity index is 479. The minimum absolute atomic E-state index is 0.0373. The number of hydrogen-bond donors (Lipinski definition) is 1. The molecule has 1 N–H and O–H groups in total. The number of carboxylic acids is 1. The SMILES string of the molecule is CC(OS(C)(=O)=O)c1ccc(C(=O)O)cn1. The predicted molar refractivity (Wildman–Crippen MR) is 55.5 cm³/mol. The fourth-order valence-electron chi connectivity index (χ4n) is 1.08. The number of nitrogens with zero attached hydrogens (tertiary/aromatic N) is 1. The minimum Gasteiger partial charge on any atom is -0.478 e. The number of aromatic nitrogens is 1. The van der Waals surface area contributed by atoms with Crippen LogP contribution in [0.25, 0.3) is 0 Å². The number of aromatic carboxylic acids is 1. The Morgan fingerprint density at radius 2 is 2.12 bits per heavy atom. The maximum absolute atomic E-state index is 10.8. The van der Waals surface area contributed by atoms with Gasteiger partial charge in [-0.1, -0.05) is 0 Å². The zero-order valence-corrected chi connectivity index (χ0v) is 9.56. The van der Waals surface area contributed by atoms with Gasteiger partial charge in [0, 0.05) is 6.20 Å². The van der Waals surface area contributed by atoms with Crippen LogP contribution in [0.2, 0.25) is 0 Å². The normalized spacial score (nSPS) is 13.4. The van der Waals surface area contributed by atoms with Crippen molar-refractivity contribution in [2.45, 2.75) is 13.0 Å². The third kappa shape index (κ3) is 3.59. The maximum atomic E-state index is 10.8. The van der Waals surface area contributed by atoms with Gasteiger partial charge in [0.05, 0.1) is 17.5 Å². The molecule has 0 bridgehead atoms. The van der Waals surface area contributed by atoms with Crippen LogP contribution in [0.15, 0.2) is 18.3 Å². The Balaban J connectivity index is 2.86. The smallest absolute Gasteiger partial charge is 0.337 e. The van der Waals surface area contributed by atoms with Crippen molar-refractivity contribution in [2.24, 2.45) is 0 Å². The quantitative estimate of drug-likeness (QED) is 0.789. The number of carbonyl (C=O) groups is 1. The first-order chi connectivity index (χ1) is 7.29. The van der Waals surface area contributed by atoms with E-state index in [9.17, 15) is 13.2 Å². The highest BCUT2D eigenvalue weighted by atomic mass is 32.2. The zero-order valence-electron chi connectivity index (χ0n) is 8.75. The Morgan fingerprint density at radius 3 is 2.50 bits per heavy atom. The summed E-state index contributed by atoms with van der Waals surface area (Å²) in [6.07, 6.45) is 1.35. The molecule has 0 aliphatic carbocycles. The maximum Gasteiger partial charge on any atom is 0.337 e. The highest BCUT2D eigenvalue weighted by Crippen LogP contribution is 2.16. The van der Waals surface area contributed by atoms with E-state index in [0.29, 0.717) is 5.69 Å². The van der Waals surface area contributed by atoms with Crippen molar-refractivity contribution in [3.63, 3.8) is 0 Å². The van der Waals surface area contributed by atoms with Crippen molar-refractivity contribution in [3.8, 4) is 0 Å². The van der Waals surface area contributed by atoms with Crippen molar-refractivity contribution in [3.05, 3.63) is 29.6 Å². The molecule has 0 amide bonds. The van der Waals surface area contributed by atoms with Crippen LogP contribution in [-0.2, 0) is 14.3 Å². The van der Waals surface area contributed by atoms with Crippen molar-refractivity contribution in [2.75, 3.05) is 6.26 Å². The van der Waals surface area contributed by atoms with Crippen molar-refractivity contribution in [1.29, 1.82) is 0 Å². The molecule has 0 radical (unpaired) electrons. The molecule has 0 saturated heterocycles. The first kappa shape index (κ1) is 12.6. The molecule has 16 heavy (non-hydrogen) atoms. The lowest BCUT2D eigenvalue weighted by Gasteiger charge is -2.10. The van der Waals surface area contributed by atoms with Crippen LogP contribution in [0.3, 0.4) is 0 Å².